The molecule has 6 nitrogen and oxygen atoms in total. The van der Waals surface area contributed by atoms with Crippen LogP contribution in [0.2, 0.25) is 0 Å². The van der Waals surface area contributed by atoms with Crippen molar-refractivity contribution in [1.29, 1.82) is 0 Å². The van der Waals surface area contributed by atoms with Gasteiger partial charge >= 0.3 is 5.97 Å². The molecule has 0 saturated carbocycles. The lowest BCUT2D eigenvalue weighted by Crippen LogP contribution is -2.47. The van der Waals surface area contributed by atoms with Crippen LogP contribution in [0.4, 0.5) is 0 Å². The molecule has 110 valence electrons. The summed E-state index contributed by atoms with van der Waals surface area (Å²) in [6, 6.07) is 5.30. The van der Waals surface area contributed by atoms with Crippen LogP contribution in [0.5, 0.6) is 0 Å². The molecule has 1 amide bonds. The third kappa shape index (κ3) is 2.87. The van der Waals surface area contributed by atoms with E-state index in [2.05, 4.69) is 4.98 Å². The zero-order chi connectivity index (χ0) is 14.8. The van der Waals surface area contributed by atoms with Crippen LogP contribution in [-0.2, 0) is 4.79 Å². The van der Waals surface area contributed by atoms with E-state index in [4.69, 9.17) is 5.11 Å². The number of aliphatic carboxylic acids is 1. The summed E-state index contributed by atoms with van der Waals surface area (Å²) in [4.78, 5) is 29.5. The fourth-order valence-corrected chi connectivity index (χ4v) is 3.54. The van der Waals surface area contributed by atoms with Crippen LogP contribution in [0.3, 0.4) is 0 Å². The Hall–Kier alpha value is -2.02. The van der Waals surface area contributed by atoms with Gasteiger partial charge in [0, 0.05) is 30.4 Å². The highest BCUT2D eigenvalue weighted by Crippen LogP contribution is 2.21. The molecule has 1 aliphatic rings. The maximum Gasteiger partial charge on any atom is 0.305 e. The van der Waals surface area contributed by atoms with Gasteiger partial charge in [0.15, 0.2) is 0 Å². The Morgan fingerprint density at radius 1 is 1.43 bits per heavy atom. The SMILES string of the molecule is O=C(O)CC1CSCCN1C(=O)c1cn2ccccc2n1. The molecule has 3 heterocycles. The number of aromatic nitrogens is 2. The second-order valence-electron chi connectivity index (χ2n) is 4.92. The van der Waals surface area contributed by atoms with Gasteiger partial charge in [-0.2, -0.15) is 11.8 Å². The summed E-state index contributed by atoms with van der Waals surface area (Å²) in [5, 5.41) is 8.98. The Balaban J connectivity index is 1.86. The van der Waals surface area contributed by atoms with Crippen LogP contribution < -0.4 is 0 Å². The Kier molecular flexibility index (Phi) is 3.83. The number of rotatable bonds is 3. The summed E-state index contributed by atoms with van der Waals surface area (Å²) < 4.78 is 1.79. The summed E-state index contributed by atoms with van der Waals surface area (Å²) >= 11 is 1.68. The molecular weight excluding hydrogens is 290 g/mol. The maximum absolute atomic E-state index is 12.6. The molecule has 2 aromatic heterocycles. The number of pyridine rings is 1. The Labute approximate surface area is 125 Å². The number of thioether (sulfide) groups is 1. The molecule has 0 bridgehead atoms. The smallest absolute Gasteiger partial charge is 0.305 e. The molecule has 1 N–H and O–H groups in total. The van der Waals surface area contributed by atoms with E-state index in [1.165, 1.54) is 0 Å². The molecular formula is C14H15N3O3S. The van der Waals surface area contributed by atoms with E-state index >= 15 is 0 Å². The lowest BCUT2D eigenvalue weighted by molar-refractivity contribution is -0.138. The van der Waals surface area contributed by atoms with Gasteiger partial charge in [-0.15, -0.1) is 0 Å². The van der Waals surface area contributed by atoms with Gasteiger partial charge in [-0.05, 0) is 12.1 Å². The minimum Gasteiger partial charge on any atom is -0.481 e. The van der Waals surface area contributed by atoms with Crippen molar-refractivity contribution in [1.82, 2.24) is 14.3 Å². The highest BCUT2D eigenvalue weighted by Gasteiger charge is 2.30. The van der Waals surface area contributed by atoms with E-state index < -0.39 is 5.97 Å². The number of imidazole rings is 1. The van der Waals surface area contributed by atoms with Gasteiger partial charge in [-0.3, -0.25) is 9.59 Å². The number of carboxylic acid groups (broad SMARTS) is 1. The van der Waals surface area contributed by atoms with Crippen molar-refractivity contribution in [2.45, 2.75) is 12.5 Å². The second-order valence-corrected chi connectivity index (χ2v) is 6.07. The number of carbonyl (C=O) groups excluding carboxylic acids is 1. The van der Waals surface area contributed by atoms with Gasteiger partial charge in [-0.25, -0.2) is 4.98 Å². The van der Waals surface area contributed by atoms with Gasteiger partial charge in [-0.1, -0.05) is 6.07 Å². The Bertz CT molecular complexity index is 652. The van der Waals surface area contributed by atoms with Crippen molar-refractivity contribution < 1.29 is 14.7 Å². The molecule has 21 heavy (non-hydrogen) atoms. The molecule has 7 heteroatoms. The monoisotopic (exact) mass is 305 g/mol. The highest BCUT2D eigenvalue weighted by molar-refractivity contribution is 7.99. The minimum atomic E-state index is -0.879. The minimum absolute atomic E-state index is 0.0217. The molecule has 1 unspecified atom stereocenters. The van der Waals surface area contributed by atoms with Crippen molar-refractivity contribution in [3.63, 3.8) is 0 Å². The van der Waals surface area contributed by atoms with Crippen molar-refractivity contribution >= 4 is 29.3 Å². The van der Waals surface area contributed by atoms with E-state index in [0.29, 0.717) is 23.6 Å². The first-order valence-electron chi connectivity index (χ1n) is 6.69. The number of amides is 1. The third-order valence-corrected chi connectivity index (χ3v) is 4.57. The summed E-state index contributed by atoms with van der Waals surface area (Å²) in [7, 11) is 0. The Morgan fingerprint density at radius 3 is 3.05 bits per heavy atom. The standard InChI is InChI=1S/C14H15N3O3S/c18-13(19)7-10-9-21-6-5-17(10)14(20)11-8-16-4-2-1-3-12(16)15-11/h1-4,8,10H,5-7,9H2,(H,18,19). The number of carbonyl (C=O) groups is 2. The van der Waals surface area contributed by atoms with E-state index in [9.17, 15) is 9.59 Å². The quantitative estimate of drug-likeness (QED) is 0.927. The first kappa shape index (κ1) is 13.9. The summed E-state index contributed by atoms with van der Waals surface area (Å²) in [5.41, 5.74) is 1.07. The number of nitrogens with zero attached hydrogens (tertiary/aromatic N) is 3. The van der Waals surface area contributed by atoms with Crippen LogP contribution in [0, 0.1) is 0 Å². The molecule has 1 fully saturated rings. The van der Waals surface area contributed by atoms with Crippen LogP contribution in [0.25, 0.3) is 5.65 Å². The van der Waals surface area contributed by atoms with Gasteiger partial charge in [0.1, 0.15) is 11.3 Å². The number of hydrogen-bond donors (Lipinski definition) is 1. The molecule has 2 aromatic rings. The zero-order valence-corrected chi connectivity index (χ0v) is 12.1. The summed E-state index contributed by atoms with van der Waals surface area (Å²) in [6.07, 6.45) is 3.50. The largest absolute Gasteiger partial charge is 0.481 e. The van der Waals surface area contributed by atoms with E-state index in [1.807, 2.05) is 24.4 Å². The molecule has 1 aliphatic heterocycles. The first-order chi connectivity index (χ1) is 10.1. The van der Waals surface area contributed by atoms with Crippen LogP contribution in [0.15, 0.2) is 30.6 Å². The normalized spacial score (nSPS) is 18.9. The summed E-state index contributed by atoms with van der Waals surface area (Å²) in [5.74, 6) is 0.418. The van der Waals surface area contributed by atoms with Gasteiger partial charge in [0.05, 0.1) is 12.5 Å². The maximum atomic E-state index is 12.6. The van der Waals surface area contributed by atoms with Crippen LogP contribution in [-0.4, -0.2) is 55.4 Å². The summed E-state index contributed by atoms with van der Waals surface area (Å²) in [6.45, 7) is 0.565. The van der Waals surface area contributed by atoms with Crippen molar-refractivity contribution in [3.05, 3.63) is 36.3 Å². The van der Waals surface area contributed by atoms with Crippen molar-refractivity contribution in [3.8, 4) is 0 Å². The fraction of sp³-hybridized carbons (Fsp3) is 0.357. The highest BCUT2D eigenvalue weighted by atomic mass is 32.2. The predicted molar refractivity (Wildman–Crippen MR) is 79.6 cm³/mol. The lowest BCUT2D eigenvalue weighted by atomic mass is 10.2. The molecule has 3 rings (SSSR count). The molecule has 0 aliphatic carbocycles. The van der Waals surface area contributed by atoms with Crippen LogP contribution in [0.1, 0.15) is 16.9 Å². The van der Waals surface area contributed by atoms with Crippen LogP contribution >= 0.6 is 11.8 Å². The van der Waals surface area contributed by atoms with E-state index in [0.717, 1.165) is 5.75 Å². The first-order valence-corrected chi connectivity index (χ1v) is 7.85. The van der Waals surface area contributed by atoms with Gasteiger partial charge < -0.3 is 14.4 Å². The van der Waals surface area contributed by atoms with E-state index in [1.54, 1.807) is 27.3 Å². The number of hydrogen-bond acceptors (Lipinski definition) is 4. The molecule has 0 spiro atoms. The average Bonchev–Trinajstić information content (AvgIpc) is 2.90. The molecule has 0 radical (unpaired) electrons. The average molecular weight is 305 g/mol. The Morgan fingerprint density at radius 2 is 2.29 bits per heavy atom. The second kappa shape index (κ2) is 5.77. The van der Waals surface area contributed by atoms with Crippen molar-refractivity contribution in [2.75, 3.05) is 18.1 Å². The zero-order valence-electron chi connectivity index (χ0n) is 11.3. The lowest BCUT2D eigenvalue weighted by Gasteiger charge is -2.34. The molecule has 1 saturated heterocycles. The fourth-order valence-electron chi connectivity index (χ4n) is 2.48. The molecule has 1 atom stereocenters. The van der Waals surface area contributed by atoms with Gasteiger partial charge in [0.25, 0.3) is 5.91 Å². The topological polar surface area (TPSA) is 74.9 Å². The van der Waals surface area contributed by atoms with E-state index in [-0.39, 0.29) is 18.4 Å². The molecule has 0 aromatic carbocycles. The predicted octanol–water partition coefficient (Wildman–Crippen LogP) is 1.37. The number of fused-ring (bicyclic) bond motifs is 1. The van der Waals surface area contributed by atoms with Crippen molar-refractivity contribution in [2.24, 2.45) is 0 Å². The third-order valence-electron chi connectivity index (χ3n) is 3.48. The van der Waals surface area contributed by atoms with Gasteiger partial charge in [0.2, 0.25) is 0 Å². The number of carboxylic acids is 1.